The van der Waals surface area contributed by atoms with Gasteiger partial charge in [-0.3, -0.25) is 0 Å². The van der Waals surface area contributed by atoms with Gasteiger partial charge in [0.2, 0.25) is 0 Å². The van der Waals surface area contributed by atoms with Crippen LogP contribution >= 0.6 is 0 Å². The molecule has 13 heavy (non-hydrogen) atoms. The van der Waals surface area contributed by atoms with Gasteiger partial charge in [-0.25, -0.2) is 4.39 Å². The Morgan fingerprint density at radius 1 is 1.46 bits per heavy atom. The minimum atomic E-state index is -0.211. The minimum Gasteiger partial charge on any atom is -0.396 e. The molecule has 0 aromatic heterocycles. The summed E-state index contributed by atoms with van der Waals surface area (Å²) in [5, 5.41) is 8.55. The first-order chi connectivity index (χ1) is 6.24. The van der Waals surface area contributed by atoms with Crippen molar-refractivity contribution in [1.82, 2.24) is 0 Å². The molecule has 2 heteroatoms. The minimum absolute atomic E-state index is 0.150. The monoisotopic (exact) mass is 180 g/mol. The third-order valence-corrected chi connectivity index (χ3v) is 1.83. The lowest BCUT2D eigenvalue weighted by molar-refractivity contribution is 0.303. The van der Waals surface area contributed by atoms with Gasteiger partial charge in [-0.15, -0.1) is 0 Å². The van der Waals surface area contributed by atoms with E-state index in [1.165, 1.54) is 12.1 Å². The molecule has 0 heterocycles. The van der Waals surface area contributed by atoms with Crippen LogP contribution in [0.25, 0.3) is 6.08 Å². The molecule has 1 aromatic rings. The molecule has 0 unspecified atom stereocenters. The molecule has 0 aliphatic rings. The topological polar surface area (TPSA) is 20.2 Å². The van der Waals surface area contributed by atoms with E-state index in [-0.39, 0.29) is 12.4 Å². The number of aryl methyl sites for hydroxylation is 1. The number of aliphatic hydroxyl groups excluding tert-OH is 1. The Bertz CT molecular complexity index is 305. The highest BCUT2D eigenvalue weighted by atomic mass is 19.1. The van der Waals surface area contributed by atoms with Crippen molar-refractivity contribution in [3.05, 3.63) is 41.2 Å². The summed E-state index contributed by atoms with van der Waals surface area (Å²) in [5.74, 6) is -0.211. The first-order valence-electron chi connectivity index (χ1n) is 4.27. The SMILES string of the molecule is Cc1cc(F)ccc1/C=C/CCO. The highest BCUT2D eigenvalue weighted by molar-refractivity contribution is 5.53. The number of aliphatic hydroxyl groups is 1. The average molecular weight is 180 g/mol. The normalized spacial score (nSPS) is 11.0. The maximum absolute atomic E-state index is 12.7. The van der Waals surface area contributed by atoms with Gasteiger partial charge in [0.25, 0.3) is 0 Å². The van der Waals surface area contributed by atoms with E-state index in [4.69, 9.17) is 5.11 Å². The van der Waals surface area contributed by atoms with Crippen LogP contribution in [0.1, 0.15) is 17.5 Å². The molecule has 0 spiro atoms. The third-order valence-electron chi connectivity index (χ3n) is 1.83. The Morgan fingerprint density at radius 2 is 2.23 bits per heavy atom. The van der Waals surface area contributed by atoms with Gasteiger partial charge in [-0.1, -0.05) is 18.2 Å². The maximum atomic E-state index is 12.7. The van der Waals surface area contributed by atoms with E-state index in [2.05, 4.69) is 0 Å². The molecule has 0 fully saturated rings. The first-order valence-corrected chi connectivity index (χ1v) is 4.27. The zero-order chi connectivity index (χ0) is 9.68. The largest absolute Gasteiger partial charge is 0.396 e. The molecule has 1 N–H and O–H groups in total. The van der Waals surface area contributed by atoms with Crippen molar-refractivity contribution in [3.8, 4) is 0 Å². The molecular formula is C11H13FO. The second-order valence-electron chi connectivity index (χ2n) is 2.92. The summed E-state index contributed by atoms with van der Waals surface area (Å²) < 4.78 is 12.7. The molecule has 70 valence electrons. The third kappa shape index (κ3) is 2.99. The quantitative estimate of drug-likeness (QED) is 0.757. The Morgan fingerprint density at radius 3 is 2.85 bits per heavy atom. The zero-order valence-corrected chi connectivity index (χ0v) is 7.63. The van der Waals surface area contributed by atoms with Crippen molar-refractivity contribution >= 4 is 6.08 Å². The molecule has 1 aromatic carbocycles. The van der Waals surface area contributed by atoms with Gasteiger partial charge in [0.05, 0.1) is 0 Å². The van der Waals surface area contributed by atoms with Crippen LogP contribution in [0.4, 0.5) is 4.39 Å². The van der Waals surface area contributed by atoms with E-state index < -0.39 is 0 Å². The molecule has 0 bridgehead atoms. The Kier molecular flexibility index (Phi) is 3.65. The number of hydrogen-bond donors (Lipinski definition) is 1. The fourth-order valence-electron chi connectivity index (χ4n) is 1.11. The van der Waals surface area contributed by atoms with E-state index in [0.717, 1.165) is 11.1 Å². The fourth-order valence-corrected chi connectivity index (χ4v) is 1.11. The lowest BCUT2D eigenvalue weighted by Crippen LogP contribution is -1.83. The zero-order valence-electron chi connectivity index (χ0n) is 7.63. The molecule has 1 rings (SSSR count). The summed E-state index contributed by atoms with van der Waals surface area (Å²) in [4.78, 5) is 0. The molecule has 0 radical (unpaired) electrons. The molecular weight excluding hydrogens is 167 g/mol. The van der Waals surface area contributed by atoms with Gasteiger partial charge in [-0.2, -0.15) is 0 Å². The van der Waals surface area contributed by atoms with Gasteiger partial charge < -0.3 is 5.11 Å². The van der Waals surface area contributed by atoms with Gasteiger partial charge in [0.1, 0.15) is 5.82 Å². The summed E-state index contributed by atoms with van der Waals surface area (Å²) in [5.41, 5.74) is 1.91. The van der Waals surface area contributed by atoms with E-state index in [0.29, 0.717) is 6.42 Å². The summed E-state index contributed by atoms with van der Waals surface area (Å²) >= 11 is 0. The Balaban J connectivity index is 2.77. The molecule has 0 saturated heterocycles. The highest BCUT2D eigenvalue weighted by Crippen LogP contribution is 2.11. The Labute approximate surface area is 77.5 Å². The Hall–Kier alpha value is -1.15. The number of rotatable bonds is 3. The maximum Gasteiger partial charge on any atom is 0.123 e. The van der Waals surface area contributed by atoms with Crippen LogP contribution in [0.5, 0.6) is 0 Å². The van der Waals surface area contributed by atoms with E-state index in [1.807, 2.05) is 19.1 Å². The molecule has 0 aliphatic carbocycles. The van der Waals surface area contributed by atoms with Crippen LogP contribution in [-0.4, -0.2) is 11.7 Å². The van der Waals surface area contributed by atoms with Crippen LogP contribution in [0.15, 0.2) is 24.3 Å². The molecule has 0 amide bonds. The number of benzene rings is 1. The molecule has 0 atom stereocenters. The summed E-state index contributed by atoms with van der Waals surface area (Å²) in [6.45, 7) is 2.01. The standard InChI is InChI=1S/C11H13FO/c1-9-8-11(12)6-5-10(9)4-2-3-7-13/h2,4-6,8,13H,3,7H2,1H3/b4-2+. The molecule has 0 saturated carbocycles. The van der Waals surface area contributed by atoms with Crippen LogP contribution in [-0.2, 0) is 0 Å². The average Bonchev–Trinajstić information content (AvgIpc) is 2.09. The fraction of sp³-hybridized carbons (Fsp3) is 0.273. The lowest BCUT2D eigenvalue weighted by Gasteiger charge is -1.99. The van der Waals surface area contributed by atoms with Gasteiger partial charge in [-0.05, 0) is 36.6 Å². The lowest BCUT2D eigenvalue weighted by atomic mass is 10.1. The van der Waals surface area contributed by atoms with Crippen molar-refractivity contribution in [3.63, 3.8) is 0 Å². The van der Waals surface area contributed by atoms with Crippen molar-refractivity contribution in [2.75, 3.05) is 6.61 Å². The van der Waals surface area contributed by atoms with Crippen molar-refractivity contribution in [2.24, 2.45) is 0 Å². The predicted molar refractivity (Wildman–Crippen MR) is 51.9 cm³/mol. The van der Waals surface area contributed by atoms with Crippen molar-refractivity contribution in [2.45, 2.75) is 13.3 Å². The van der Waals surface area contributed by atoms with Crippen molar-refractivity contribution < 1.29 is 9.50 Å². The number of hydrogen-bond acceptors (Lipinski definition) is 1. The summed E-state index contributed by atoms with van der Waals surface area (Å²) in [6.07, 6.45) is 4.40. The van der Waals surface area contributed by atoms with Crippen LogP contribution < -0.4 is 0 Å². The summed E-state index contributed by atoms with van der Waals surface area (Å²) in [6, 6.07) is 4.67. The van der Waals surface area contributed by atoms with Crippen LogP contribution in [0, 0.1) is 12.7 Å². The predicted octanol–water partition coefficient (Wildman–Crippen LogP) is 2.53. The van der Waals surface area contributed by atoms with Gasteiger partial charge >= 0.3 is 0 Å². The van der Waals surface area contributed by atoms with E-state index in [9.17, 15) is 4.39 Å². The second kappa shape index (κ2) is 4.77. The number of halogens is 1. The van der Waals surface area contributed by atoms with Crippen LogP contribution in [0.3, 0.4) is 0 Å². The molecule has 0 aliphatic heterocycles. The van der Waals surface area contributed by atoms with Gasteiger partial charge in [0.15, 0.2) is 0 Å². The summed E-state index contributed by atoms with van der Waals surface area (Å²) in [7, 11) is 0. The second-order valence-corrected chi connectivity index (χ2v) is 2.92. The smallest absolute Gasteiger partial charge is 0.123 e. The first kappa shape index (κ1) is 9.93. The van der Waals surface area contributed by atoms with Crippen LogP contribution in [0.2, 0.25) is 0 Å². The molecule has 1 nitrogen and oxygen atoms in total. The highest BCUT2D eigenvalue weighted by Gasteiger charge is 1.95. The van der Waals surface area contributed by atoms with Crippen molar-refractivity contribution in [1.29, 1.82) is 0 Å². The van der Waals surface area contributed by atoms with Gasteiger partial charge in [0, 0.05) is 6.61 Å². The van der Waals surface area contributed by atoms with E-state index >= 15 is 0 Å². The van der Waals surface area contributed by atoms with E-state index in [1.54, 1.807) is 6.07 Å².